The molecule has 0 saturated carbocycles. The number of anilines is 1. The fourth-order valence-corrected chi connectivity index (χ4v) is 3.83. The van der Waals surface area contributed by atoms with E-state index < -0.39 is 16.1 Å². The van der Waals surface area contributed by atoms with E-state index in [1.165, 1.54) is 17.5 Å². The van der Waals surface area contributed by atoms with Crippen LogP contribution in [0.1, 0.15) is 6.92 Å². The molecule has 5 nitrogen and oxygen atoms in total. The summed E-state index contributed by atoms with van der Waals surface area (Å²) in [6.07, 6.45) is -0.801. The van der Waals surface area contributed by atoms with Gasteiger partial charge in [0.05, 0.1) is 25.4 Å². The van der Waals surface area contributed by atoms with Crippen molar-refractivity contribution < 1.29 is 18.3 Å². The van der Waals surface area contributed by atoms with Crippen LogP contribution in [0.15, 0.2) is 59.5 Å². The Morgan fingerprint density at radius 3 is 2.27 bits per heavy atom. The minimum atomic E-state index is -3.84. The number of para-hydroxylation sites is 2. The molecule has 0 heterocycles. The van der Waals surface area contributed by atoms with Crippen LogP contribution in [0.4, 0.5) is 5.69 Å². The highest BCUT2D eigenvalue weighted by Crippen LogP contribution is 2.29. The predicted octanol–water partition coefficient (Wildman–Crippen LogP) is 2.27. The Bertz CT molecular complexity index is 714. The second kappa shape index (κ2) is 6.81. The van der Waals surface area contributed by atoms with E-state index in [9.17, 15) is 13.5 Å². The number of hydrogen-bond acceptors (Lipinski definition) is 4. The lowest BCUT2D eigenvalue weighted by atomic mass is 10.3. The quantitative estimate of drug-likeness (QED) is 0.886. The number of sulfonamides is 1. The second-order valence-corrected chi connectivity index (χ2v) is 6.70. The van der Waals surface area contributed by atoms with Crippen LogP contribution in [0.2, 0.25) is 0 Å². The van der Waals surface area contributed by atoms with E-state index in [4.69, 9.17) is 4.74 Å². The summed E-state index contributed by atoms with van der Waals surface area (Å²) < 4.78 is 32.3. The number of methoxy groups -OCH3 is 1. The van der Waals surface area contributed by atoms with Gasteiger partial charge in [-0.3, -0.25) is 4.31 Å². The normalized spacial score (nSPS) is 12.7. The molecule has 1 N–H and O–H groups in total. The Morgan fingerprint density at radius 1 is 1.09 bits per heavy atom. The van der Waals surface area contributed by atoms with E-state index in [0.717, 1.165) is 0 Å². The van der Waals surface area contributed by atoms with Crippen molar-refractivity contribution in [1.29, 1.82) is 0 Å². The lowest BCUT2D eigenvalue weighted by molar-refractivity contribution is 0.204. The third kappa shape index (κ3) is 3.40. The summed E-state index contributed by atoms with van der Waals surface area (Å²) in [5.74, 6) is 0.272. The number of benzene rings is 2. The number of aliphatic hydroxyl groups is 1. The molecule has 1 unspecified atom stereocenters. The van der Waals surface area contributed by atoms with Crippen LogP contribution in [-0.2, 0) is 10.0 Å². The van der Waals surface area contributed by atoms with Gasteiger partial charge in [-0.1, -0.05) is 30.3 Å². The molecule has 0 aliphatic carbocycles. The Morgan fingerprint density at radius 2 is 1.68 bits per heavy atom. The van der Waals surface area contributed by atoms with E-state index in [0.29, 0.717) is 5.69 Å². The summed E-state index contributed by atoms with van der Waals surface area (Å²) >= 11 is 0. The van der Waals surface area contributed by atoms with Crippen LogP contribution in [0, 0.1) is 0 Å². The van der Waals surface area contributed by atoms with Crippen molar-refractivity contribution >= 4 is 15.7 Å². The number of aliphatic hydroxyl groups excluding tert-OH is 1. The first-order valence-corrected chi connectivity index (χ1v) is 8.29. The van der Waals surface area contributed by atoms with Crippen LogP contribution in [-0.4, -0.2) is 33.3 Å². The molecule has 6 heteroatoms. The highest BCUT2D eigenvalue weighted by Gasteiger charge is 2.28. The topological polar surface area (TPSA) is 66.8 Å². The van der Waals surface area contributed by atoms with Gasteiger partial charge < -0.3 is 9.84 Å². The lowest BCUT2D eigenvalue weighted by Crippen LogP contribution is -2.36. The van der Waals surface area contributed by atoms with Gasteiger partial charge in [0.1, 0.15) is 10.6 Å². The van der Waals surface area contributed by atoms with Gasteiger partial charge >= 0.3 is 0 Å². The van der Waals surface area contributed by atoms with Gasteiger partial charge in [0.2, 0.25) is 0 Å². The number of nitrogens with zero attached hydrogens (tertiary/aromatic N) is 1. The van der Waals surface area contributed by atoms with Crippen molar-refractivity contribution in [2.75, 3.05) is 18.0 Å². The van der Waals surface area contributed by atoms with Gasteiger partial charge in [-0.05, 0) is 31.2 Å². The summed E-state index contributed by atoms with van der Waals surface area (Å²) in [6, 6.07) is 15.1. The molecule has 22 heavy (non-hydrogen) atoms. The summed E-state index contributed by atoms with van der Waals surface area (Å²) in [6.45, 7) is 1.51. The van der Waals surface area contributed by atoms with Crippen molar-refractivity contribution in [3.8, 4) is 5.75 Å². The zero-order chi connectivity index (χ0) is 16.2. The van der Waals surface area contributed by atoms with Gasteiger partial charge in [0.25, 0.3) is 10.0 Å². The Kier molecular flexibility index (Phi) is 5.05. The van der Waals surface area contributed by atoms with Gasteiger partial charge in [-0.25, -0.2) is 8.42 Å². The maximum atomic E-state index is 13.0. The first-order chi connectivity index (χ1) is 10.5. The van der Waals surface area contributed by atoms with Crippen LogP contribution in [0.3, 0.4) is 0 Å². The molecule has 1 atom stereocenters. The third-order valence-electron chi connectivity index (χ3n) is 3.11. The largest absolute Gasteiger partial charge is 0.495 e. The molecular weight excluding hydrogens is 302 g/mol. The van der Waals surface area contributed by atoms with Crippen LogP contribution >= 0.6 is 0 Å². The van der Waals surface area contributed by atoms with E-state index in [1.807, 2.05) is 0 Å². The first-order valence-electron chi connectivity index (χ1n) is 6.85. The zero-order valence-electron chi connectivity index (χ0n) is 12.5. The molecule has 0 amide bonds. The van der Waals surface area contributed by atoms with E-state index in [2.05, 4.69) is 0 Å². The van der Waals surface area contributed by atoms with Crippen molar-refractivity contribution in [2.24, 2.45) is 0 Å². The highest BCUT2D eigenvalue weighted by molar-refractivity contribution is 7.93. The third-order valence-corrected chi connectivity index (χ3v) is 4.94. The lowest BCUT2D eigenvalue weighted by Gasteiger charge is -2.26. The average Bonchev–Trinajstić information content (AvgIpc) is 2.53. The smallest absolute Gasteiger partial charge is 0.268 e. The predicted molar refractivity (Wildman–Crippen MR) is 85.6 cm³/mol. The Hall–Kier alpha value is -2.05. The molecule has 0 aromatic heterocycles. The van der Waals surface area contributed by atoms with Gasteiger partial charge in [0, 0.05) is 0 Å². The molecular formula is C16H19NO4S. The first kappa shape index (κ1) is 16.3. The highest BCUT2D eigenvalue weighted by atomic mass is 32.2. The molecule has 2 aromatic rings. The summed E-state index contributed by atoms with van der Waals surface area (Å²) in [7, 11) is -2.42. The maximum absolute atomic E-state index is 13.0. The van der Waals surface area contributed by atoms with Crippen molar-refractivity contribution in [1.82, 2.24) is 0 Å². The number of hydrogen-bond donors (Lipinski definition) is 1. The van der Waals surface area contributed by atoms with Gasteiger partial charge in [-0.2, -0.15) is 0 Å². The Labute approximate surface area is 130 Å². The van der Waals surface area contributed by atoms with E-state index >= 15 is 0 Å². The summed E-state index contributed by atoms with van der Waals surface area (Å²) in [4.78, 5) is 0.0713. The molecule has 0 fully saturated rings. The minimum absolute atomic E-state index is 0.0373. The van der Waals surface area contributed by atoms with Crippen molar-refractivity contribution in [2.45, 2.75) is 17.9 Å². The summed E-state index contributed by atoms with van der Waals surface area (Å²) in [5.41, 5.74) is 0.495. The van der Waals surface area contributed by atoms with Gasteiger partial charge in [0.15, 0.2) is 0 Å². The van der Waals surface area contributed by atoms with Gasteiger partial charge in [-0.15, -0.1) is 0 Å². The van der Waals surface area contributed by atoms with E-state index in [-0.39, 0.29) is 17.2 Å². The molecule has 2 aromatic carbocycles. The fraction of sp³-hybridized carbons (Fsp3) is 0.250. The molecule has 118 valence electrons. The van der Waals surface area contributed by atoms with Crippen LogP contribution in [0.25, 0.3) is 0 Å². The van der Waals surface area contributed by atoms with Crippen molar-refractivity contribution in [3.05, 3.63) is 54.6 Å². The molecule has 0 radical (unpaired) electrons. The summed E-state index contributed by atoms with van der Waals surface area (Å²) in [5, 5.41) is 9.68. The van der Waals surface area contributed by atoms with Crippen molar-refractivity contribution in [3.63, 3.8) is 0 Å². The SMILES string of the molecule is COc1ccccc1S(=O)(=O)N(CC(C)O)c1ccccc1. The molecule has 2 rings (SSSR count). The van der Waals surface area contributed by atoms with Crippen LogP contribution in [0.5, 0.6) is 5.75 Å². The maximum Gasteiger partial charge on any atom is 0.268 e. The fourth-order valence-electron chi connectivity index (χ4n) is 2.13. The Balaban J connectivity index is 2.55. The monoisotopic (exact) mass is 321 g/mol. The molecule has 0 aliphatic rings. The average molecular weight is 321 g/mol. The minimum Gasteiger partial charge on any atom is -0.495 e. The molecule has 0 aliphatic heterocycles. The van der Waals surface area contributed by atoms with E-state index in [1.54, 1.807) is 55.5 Å². The molecule has 0 spiro atoms. The zero-order valence-corrected chi connectivity index (χ0v) is 13.3. The molecule has 0 bridgehead atoms. The standard InChI is InChI=1S/C16H19NO4S/c1-13(18)12-17(14-8-4-3-5-9-14)22(19,20)16-11-7-6-10-15(16)21-2/h3-11,13,18H,12H2,1-2H3. The number of ether oxygens (including phenoxy) is 1. The second-order valence-electron chi connectivity index (χ2n) is 4.87. The molecule has 0 saturated heterocycles. The number of rotatable bonds is 6. The van der Waals surface area contributed by atoms with Crippen LogP contribution < -0.4 is 9.04 Å².